The molecule has 0 saturated heterocycles. The van der Waals surface area contributed by atoms with Crippen LogP contribution in [0, 0.1) is 6.92 Å². The first-order valence-electron chi connectivity index (χ1n) is 4.73. The molecule has 15 heavy (non-hydrogen) atoms. The Morgan fingerprint density at radius 3 is 2.93 bits per heavy atom. The Balaban J connectivity index is 2.60. The molecule has 0 unspecified atom stereocenters. The van der Waals surface area contributed by atoms with E-state index < -0.39 is 0 Å². The maximum absolute atomic E-state index is 10.6. The Morgan fingerprint density at radius 1 is 1.60 bits per heavy atom. The van der Waals surface area contributed by atoms with Crippen LogP contribution in [0.3, 0.4) is 0 Å². The minimum Gasteiger partial charge on any atom is -0.384 e. The quantitative estimate of drug-likeness (QED) is 0.777. The van der Waals surface area contributed by atoms with Crippen molar-refractivity contribution in [2.75, 3.05) is 12.3 Å². The number of carbonyl (C=O) groups excluding carboxylic acids is 1. The number of hydrogen-bond donors (Lipinski definition) is 2. The second kappa shape index (κ2) is 5.14. The smallest absolute Gasteiger partial charge is 0.217 e. The summed E-state index contributed by atoms with van der Waals surface area (Å²) in [4.78, 5) is 14.7. The Morgan fingerprint density at radius 2 is 2.33 bits per heavy atom. The van der Waals surface area contributed by atoms with Gasteiger partial charge in [0.05, 0.1) is 5.69 Å². The van der Waals surface area contributed by atoms with Crippen LogP contribution in [0.2, 0.25) is 0 Å². The molecule has 80 valence electrons. The van der Waals surface area contributed by atoms with Gasteiger partial charge in [-0.05, 0) is 30.7 Å². The van der Waals surface area contributed by atoms with Gasteiger partial charge < -0.3 is 11.1 Å². The van der Waals surface area contributed by atoms with E-state index in [2.05, 4.69) is 10.3 Å². The zero-order valence-electron chi connectivity index (χ0n) is 8.95. The van der Waals surface area contributed by atoms with Crippen LogP contribution >= 0.6 is 0 Å². The molecule has 1 rings (SSSR count). The van der Waals surface area contributed by atoms with Crippen molar-refractivity contribution in [2.24, 2.45) is 0 Å². The minimum absolute atomic E-state index is 0.0450. The predicted molar refractivity (Wildman–Crippen MR) is 61.1 cm³/mol. The Bertz CT molecular complexity index is 365. The number of aromatic nitrogens is 1. The second-order valence-corrected chi connectivity index (χ2v) is 3.33. The lowest BCUT2D eigenvalue weighted by Crippen LogP contribution is -2.19. The van der Waals surface area contributed by atoms with E-state index in [1.54, 1.807) is 0 Å². The highest BCUT2D eigenvalue weighted by molar-refractivity contribution is 5.73. The van der Waals surface area contributed by atoms with Gasteiger partial charge in [-0.15, -0.1) is 0 Å². The highest BCUT2D eigenvalue weighted by Crippen LogP contribution is 2.07. The Hall–Kier alpha value is -1.84. The molecule has 0 aromatic carbocycles. The lowest BCUT2D eigenvalue weighted by Gasteiger charge is -1.99. The zero-order chi connectivity index (χ0) is 11.3. The molecule has 0 radical (unpaired) electrons. The molecule has 3 N–H and O–H groups in total. The van der Waals surface area contributed by atoms with E-state index in [0.717, 1.165) is 11.3 Å². The molecular weight excluding hydrogens is 190 g/mol. The number of aryl methyl sites for hydroxylation is 1. The van der Waals surface area contributed by atoms with Crippen molar-refractivity contribution in [3.05, 3.63) is 29.5 Å². The lowest BCUT2D eigenvalue weighted by molar-refractivity contribution is -0.118. The fourth-order valence-corrected chi connectivity index (χ4v) is 1.19. The maximum Gasteiger partial charge on any atom is 0.217 e. The molecule has 1 heterocycles. The number of nitrogen functional groups attached to an aromatic ring is 1. The monoisotopic (exact) mass is 205 g/mol. The molecule has 0 bridgehead atoms. The van der Waals surface area contributed by atoms with Crippen molar-refractivity contribution in [2.45, 2.75) is 13.8 Å². The fourth-order valence-electron chi connectivity index (χ4n) is 1.19. The summed E-state index contributed by atoms with van der Waals surface area (Å²) < 4.78 is 0. The van der Waals surface area contributed by atoms with E-state index >= 15 is 0 Å². The van der Waals surface area contributed by atoms with E-state index in [1.807, 2.05) is 31.2 Å². The predicted octanol–water partition coefficient (Wildman–Crippen LogP) is 1.12. The largest absolute Gasteiger partial charge is 0.384 e. The number of nitrogens with two attached hydrogens (primary N) is 1. The van der Waals surface area contributed by atoms with Crippen LogP contribution in [0.4, 0.5) is 5.82 Å². The van der Waals surface area contributed by atoms with Gasteiger partial charge in [-0.2, -0.15) is 0 Å². The van der Waals surface area contributed by atoms with Gasteiger partial charge in [-0.1, -0.05) is 6.08 Å². The molecular formula is C11H15N3O. The summed E-state index contributed by atoms with van der Waals surface area (Å²) in [5, 5.41) is 2.66. The molecule has 0 aliphatic rings. The van der Waals surface area contributed by atoms with Crippen LogP contribution in [0.15, 0.2) is 18.2 Å². The summed E-state index contributed by atoms with van der Waals surface area (Å²) in [7, 11) is 0. The van der Waals surface area contributed by atoms with E-state index in [0.29, 0.717) is 12.4 Å². The molecule has 4 heteroatoms. The molecule has 4 nitrogen and oxygen atoms in total. The third kappa shape index (κ3) is 4.26. The van der Waals surface area contributed by atoms with Gasteiger partial charge in [0.25, 0.3) is 0 Å². The summed E-state index contributed by atoms with van der Waals surface area (Å²) in [6, 6.07) is 3.74. The van der Waals surface area contributed by atoms with Gasteiger partial charge in [0.2, 0.25) is 5.91 Å². The SMILES string of the molecule is CC(=O)NCC=Cc1cc(C)cc(N)n1. The van der Waals surface area contributed by atoms with Crippen molar-refractivity contribution in [3.8, 4) is 0 Å². The van der Waals surface area contributed by atoms with Gasteiger partial charge in [-0.25, -0.2) is 4.98 Å². The van der Waals surface area contributed by atoms with Crippen molar-refractivity contribution < 1.29 is 4.79 Å². The van der Waals surface area contributed by atoms with Crippen LogP contribution in [0.5, 0.6) is 0 Å². The van der Waals surface area contributed by atoms with Gasteiger partial charge in [0.1, 0.15) is 5.82 Å². The summed E-state index contributed by atoms with van der Waals surface area (Å²) in [6.45, 7) is 3.95. The molecule has 1 amide bonds. The molecule has 1 aromatic rings. The van der Waals surface area contributed by atoms with Crippen molar-refractivity contribution in [1.29, 1.82) is 0 Å². The van der Waals surface area contributed by atoms with Gasteiger partial charge in [0.15, 0.2) is 0 Å². The van der Waals surface area contributed by atoms with Gasteiger partial charge in [-0.3, -0.25) is 4.79 Å². The topological polar surface area (TPSA) is 68.0 Å². The Kier molecular flexibility index (Phi) is 3.85. The summed E-state index contributed by atoms with van der Waals surface area (Å²) >= 11 is 0. The molecule has 0 aliphatic carbocycles. The average Bonchev–Trinajstić information content (AvgIpc) is 2.10. The second-order valence-electron chi connectivity index (χ2n) is 3.33. The molecule has 0 aliphatic heterocycles. The summed E-state index contributed by atoms with van der Waals surface area (Å²) in [6.07, 6.45) is 3.67. The third-order valence-corrected chi connectivity index (χ3v) is 1.77. The highest BCUT2D eigenvalue weighted by atomic mass is 16.1. The number of carbonyl (C=O) groups is 1. The highest BCUT2D eigenvalue weighted by Gasteiger charge is 1.93. The summed E-state index contributed by atoms with van der Waals surface area (Å²) in [5.74, 6) is 0.463. The van der Waals surface area contributed by atoms with Gasteiger partial charge in [0, 0.05) is 13.5 Å². The van der Waals surface area contributed by atoms with Crippen molar-refractivity contribution in [1.82, 2.24) is 10.3 Å². The fraction of sp³-hybridized carbons (Fsp3) is 0.273. The number of pyridine rings is 1. The number of nitrogens with one attached hydrogen (secondary N) is 1. The Labute approximate surface area is 89.2 Å². The molecule has 0 saturated carbocycles. The van der Waals surface area contributed by atoms with Crippen molar-refractivity contribution >= 4 is 17.8 Å². The maximum atomic E-state index is 10.6. The number of anilines is 1. The molecule has 0 spiro atoms. The number of nitrogens with zero attached hydrogens (tertiary/aromatic N) is 1. The van der Waals surface area contributed by atoms with Crippen LogP contribution in [-0.4, -0.2) is 17.4 Å². The van der Waals surface area contributed by atoms with E-state index in [4.69, 9.17) is 5.73 Å². The number of amides is 1. The van der Waals surface area contributed by atoms with Gasteiger partial charge >= 0.3 is 0 Å². The van der Waals surface area contributed by atoms with Crippen LogP contribution < -0.4 is 11.1 Å². The van der Waals surface area contributed by atoms with E-state index in [9.17, 15) is 4.79 Å². The van der Waals surface area contributed by atoms with Crippen LogP contribution in [0.1, 0.15) is 18.2 Å². The standard InChI is InChI=1S/C11H15N3O/c1-8-6-10(14-11(12)7-8)4-3-5-13-9(2)15/h3-4,6-7H,5H2,1-2H3,(H2,12,14)(H,13,15). The van der Waals surface area contributed by atoms with Crippen LogP contribution in [0.25, 0.3) is 6.08 Å². The van der Waals surface area contributed by atoms with E-state index in [1.165, 1.54) is 6.92 Å². The normalized spacial score (nSPS) is 10.5. The minimum atomic E-state index is -0.0450. The lowest BCUT2D eigenvalue weighted by atomic mass is 10.2. The first-order valence-corrected chi connectivity index (χ1v) is 4.73. The number of rotatable bonds is 3. The zero-order valence-corrected chi connectivity index (χ0v) is 8.95. The summed E-state index contributed by atoms with van der Waals surface area (Å²) in [5.41, 5.74) is 7.47. The number of hydrogen-bond acceptors (Lipinski definition) is 3. The molecule has 1 aromatic heterocycles. The molecule has 0 fully saturated rings. The first kappa shape index (κ1) is 11.2. The average molecular weight is 205 g/mol. The first-order chi connectivity index (χ1) is 7.08. The van der Waals surface area contributed by atoms with Crippen molar-refractivity contribution in [3.63, 3.8) is 0 Å². The van der Waals surface area contributed by atoms with Crippen LogP contribution in [-0.2, 0) is 4.79 Å². The van der Waals surface area contributed by atoms with E-state index in [-0.39, 0.29) is 5.91 Å². The molecule has 0 atom stereocenters. The third-order valence-electron chi connectivity index (χ3n) is 1.77.